The van der Waals surface area contributed by atoms with E-state index in [0.29, 0.717) is 5.75 Å². The number of aryl methyl sites for hydroxylation is 1. The van der Waals surface area contributed by atoms with Crippen molar-refractivity contribution in [3.8, 4) is 17.8 Å². The number of hydrazine groups is 1. The number of rotatable bonds is 4. The molecule has 0 fully saturated rings. The molecule has 0 radical (unpaired) electrons. The molecule has 0 saturated heterocycles. The first-order valence-electron chi connectivity index (χ1n) is 5.33. The van der Waals surface area contributed by atoms with Crippen LogP contribution < -0.4 is 20.7 Å². The molecular formula is C11H12BrN5O2. The van der Waals surface area contributed by atoms with Gasteiger partial charge >= 0.3 is 12.0 Å². The molecule has 2 aromatic rings. The summed E-state index contributed by atoms with van der Waals surface area (Å²) >= 11 is 3.38. The van der Waals surface area contributed by atoms with Crippen LogP contribution >= 0.6 is 15.9 Å². The van der Waals surface area contributed by atoms with E-state index in [-0.39, 0.29) is 18.0 Å². The maximum atomic E-state index is 5.61. The van der Waals surface area contributed by atoms with E-state index in [2.05, 4.69) is 36.3 Å². The predicted molar refractivity (Wildman–Crippen MR) is 73.1 cm³/mol. The largest absolute Gasteiger partial charge is 0.467 e. The number of nitrogens with one attached hydrogen (secondary N) is 1. The second-order valence-corrected chi connectivity index (χ2v) is 4.50. The summed E-state index contributed by atoms with van der Waals surface area (Å²) in [6.45, 7) is 1.92. The summed E-state index contributed by atoms with van der Waals surface area (Å²) in [5.41, 5.74) is 3.27. The van der Waals surface area contributed by atoms with Crippen LogP contribution in [0.15, 0.2) is 22.7 Å². The van der Waals surface area contributed by atoms with Crippen molar-refractivity contribution in [2.75, 3.05) is 12.5 Å². The van der Waals surface area contributed by atoms with E-state index in [4.69, 9.17) is 15.3 Å². The molecule has 0 bridgehead atoms. The van der Waals surface area contributed by atoms with Crippen molar-refractivity contribution in [3.05, 3.63) is 28.2 Å². The average Bonchev–Trinajstić information content (AvgIpc) is 2.42. The minimum Gasteiger partial charge on any atom is -0.467 e. The van der Waals surface area contributed by atoms with Crippen LogP contribution in [0.1, 0.15) is 5.56 Å². The van der Waals surface area contributed by atoms with Crippen molar-refractivity contribution in [1.82, 2.24) is 15.0 Å². The average molecular weight is 326 g/mol. The second-order valence-electron chi connectivity index (χ2n) is 3.58. The number of nitrogens with two attached hydrogens (primary N) is 1. The van der Waals surface area contributed by atoms with E-state index in [9.17, 15) is 0 Å². The van der Waals surface area contributed by atoms with Crippen LogP contribution in [0.25, 0.3) is 0 Å². The molecule has 0 aliphatic rings. The molecule has 0 aliphatic carbocycles. The highest BCUT2D eigenvalue weighted by molar-refractivity contribution is 9.10. The van der Waals surface area contributed by atoms with E-state index < -0.39 is 0 Å². The van der Waals surface area contributed by atoms with Gasteiger partial charge in [0, 0.05) is 4.47 Å². The number of hydrogen-bond acceptors (Lipinski definition) is 7. The van der Waals surface area contributed by atoms with Crippen molar-refractivity contribution in [3.63, 3.8) is 0 Å². The maximum Gasteiger partial charge on any atom is 0.330 e. The topological polar surface area (TPSA) is 95.2 Å². The number of hydrogen-bond donors (Lipinski definition) is 2. The standard InChI is InChI=1S/C11H12BrN5O2/c1-6-3-4-7(12)5-8(6)19-11-15-9(17-13)14-10(16-11)18-2/h3-5H,13H2,1-2H3,(H,14,15,16,17). The first-order chi connectivity index (χ1) is 9.12. The highest BCUT2D eigenvalue weighted by atomic mass is 79.9. The molecule has 2 rings (SSSR count). The van der Waals surface area contributed by atoms with Crippen LogP contribution in [-0.4, -0.2) is 22.1 Å². The van der Waals surface area contributed by atoms with Gasteiger partial charge in [0.2, 0.25) is 5.95 Å². The summed E-state index contributed by atoms with van der Waals surface area (Å²) in [4.78, 5) is 11.9. The quantitative estimate of drug-likeness (QED) is 0.655. The third-order valence-electron chi connectivity index (χ3n) is 2.26. The summed E-state index contributed by atoms with van der Waals surface area (Å²) in [7, 11) is 1.45. The van der Waals surface area contributed by atoms with Crippen LogP contribution in [0.5, 0.6) is 17.8 Å². The van der Waals surface area contributed by atoms with Crippen LogP contribution in [0.2, 0.25) is 0 Å². The van der Waals surface area contributed by atoms with Crippen molar-refractivity contribution in [2.45, 2.75) is 6.92 Å². The zero-order valence-electron chi connectivity index (χ0n) is 10.3. The number of aromatic nitrogens is 3. The molecule has 19 heavy (non-hydrogen) atoms. The van der Waals surface area contributed by atoms with Gasteiger partial charge in [0.15, 0.2) is 0 Å². The lowest BCUT2D eigenvalue weighted by molar-refractivity contribution is 0.359. The number of benzene rings is 1. The third kappa shape index (κ3) is 3.30. The van der Waals surface area contributed by atoms with E-state index in [1.165, 1.54) is 7.11 Å². The fourth-order valence-corrected chi connectivity index (χ4v) is 1.66. The summed E-state index contributed by atoms with van der Waals surface area (Å²) in [5, 5.41) is 0. The Bertz CT molecular complexity index is 571. The van der Waals surface area contributed by atoms with E-state index >= 15 is 0 Å². The van der Waals surface area contributed by atoms with Crippen molar-refractivity contribution in [2.24, 2.45) is 5.84 Å². The minimum atomic E-state index is 0.0981. The van der Waals surface area contributed by atoms with Gasteiger partial charge in [-0.1, -0.05) is 22.0 Å². The first-order valence-corrected chi connectivity index (χ1v) is 6.12. The Morgan fingerprint density at radius 2 is 1.95 bits per heavy atom. The third-order valence-corrected chi connectivity index (χ3v) is 2.75. The van der Waals surface area contributed by atoms with Gasteiger partial charge in [-0.2, -0.15) is 9.97 Å². The highest BCUT2D eigenvalue weighted by Gasteiger charge is 2.09. The maximum absolute atomic E-state index is 5.61. The van der Waals surface area contributed by atoms with Crippen LogP contribution in [0, 0.1) is 6.92 Å². The monoisotopic (exact) mass is 325 g/mol. The smallest absolute Gasteiger partial charge is 0.330 e. The Kier molecular flexibility index (Phi) is 4.13. The molecule has 1 aromatic heterocycles. The van der Waals surface area contributed by atoms with Gasteiger partial charge in [0.05, 0.1) is 7.11 Å². The SMILES string of the molecule is COc1nc(NN)nc(Oc2cc(Br)ccc2C)n1. The Morgan fingerprint density at radius 3 is 2.63 bits per heavy atom. The first kappa shape index (κ1) is 13.5. The zero-order chi connectivity index (χ0) is 13.8. The van der Waals surface area contributed by atoms with E-state index in [0.717, 1.165) is 10.0 Å². The molecule has 3 N–H and O–H groups in total. The number of methoxy groups -OCH3 is 1. The molecular weight excluding hydrogens is 314 g/mol. The van der Waals surface area contributed by atoms with Gasteiger partial charge in [-0.05, 0) is 24.6 Å². The highest BCUT2D eigenvalue weighted by Crippen LogP contribution is 2.27. The summed E-state index contributed by atoms with van der Waals surface area (Å²) in [6, 6.07) is 5.87. The normalized spacial score (nSPS) is 10.1. The van der Waals surface area contributed by atoms with Gasteiger partial charge in [-0.25, -0.2) is 5.84 Å². The number of halogens is 1. The fourth-order valence-electron chi connectivity index (χ4n) is 1.32. The number of ether oxygens (including phenoxy) is 2. The number of nitrogens with zero attached hydrogens (tertiary/aromatic N) is 3. The van der Waals surface area contributed by atoms with E-state index in [1.807, 2.05) is 25.1 Å². The number of anilines is 1. The molecule has 1 aromatic carbocycles. The van der Waals surface area contributed by atoms with Crippen LogP contribution in [0.4, 0.5) is 5.95 Å². The lowest BCUT2D eigenvalue weighted by Crippen LogP contribution is -2.12. The summed E-state index contributed by atoms with van der Waals surface area (Å²) < 4.78 is 11.4. The molecule has 0 saturated carbocycles. The second kappa shape index (κ2) is 5.81. The fraction of sp³-hybridized carbons (Fsp3) is 0.182. The van der Waals surface area contributed by atoms with E-state index in [1.54, 1.807) is 0 Å². The summed E-state index contributed by atoms with van der Waals surface area (Å²) in [5.74, 6) is 6.06. The van der Waals surface area contributed by atoms with Crippen molar-refractivity contribution < 1.29 is 9.47 Å². The van der Waals surface area contributed by atoms with Crippen LogP contribution in [0.3, 0.4) is 0 Å². The lowest BCUT2D eigenvalue weighted by Gasteiger charge is -2.09. The van der Waals surface area contributed by atoms with Gasteiger partial charge in [0.25, 0.3) is 0 Å². The van der Waals surface area contributed by atoms with Crippen molar-refractivity contribution in [1.29, 1.82) is 0 Å². The molecule has 0 aliphatic heterocycles. The molecule has 1 heterocycles. The molecule has 0 atom stereocenters. The Labute approximate surface area is 118 Å². The Hall–Kier alpha value is -1.93. The lowest BCUT2D eigenvalue weighted by atomic mass is 10.2. The molecule has 0 unspecified atom stereocenters. The van der Waals surface area contributed by atoms with Gasteiger partial charge < -0.3 is 9.47 Å². The summed E-state index contributed by atoms with van der Waals surface area (Å²) in [6.07, 6.45) is 0. The molecule has 0 amide bonds. The van der Waals surface area contributed by atoms with Gasteiger partial charge in [-0.3, -0.25) is 5.43 Å². The Balaban J connectivity index is 2.34. The number of nitrogen functional groups attached to an aromatic ring is 1. The molecule has 100 valence electrons. The van der Waals surface area contributed by atoms with Gasteiger partial charge in [-0.15, -0.1) is 4.98 Å². The molecule has 8 heteroatoms. The molecule has 7 nitrogen and oxygen atoms in total. The minimum absolute atomic E-state index is 0.0981. The Morgan fingerprint density at radius 1 is 1.21 bits per heavy atom. The zero-order valence-corrected chi connectivity index (χ0v) is 11.9. The van der Waals surface area contributed by atoms with Crippen LogP contribution in [-0.2, 0) is 0 Å². The van der Waals surface area contributed by atoms with Gasteiger partial charge in [0.1, 0.15) is 5.75 Å². The van der Waals surface area contributed by atoms with Crippen molar-refractivity contribution >= 4 is 21.9 Å². The predicted octanol–water partition coefficient (Wildman–Crippen LogP) is 2.03. The molecule has 0 spiro atoms.